The van der Waals surface area contributed by atoms with Crippen molar-refractivity contribution in [2.75, 3.05) is 53.5 Å². The molecule has 1 aliphatic rings. The van der Waals surface area contributed by atoms with Gasteiger partial charge in [0.2, 0.25) is 0 Å². The first-order chi connectivity index (χ1) is 14.5. The Morgan fingerprint density at radius 3 is 1.07 bits per heavy atom. The Morgan fingerprint density at radius 1 is 0.500 bits per heavy atom. The van der Waals surface area contributed by atoms with Gasteiger partial charge in [0.15, 0.2) is 0 Å². The molecule has 156 valence electrons. The minimum Gasteiger partial charge on any atom is -0.399 e. The van der Waals surface area contributed by atoms with Crippen molar-refractivity contribution in [3.63, 3.8) is 0 Å². The number of anilines is 6. The van der Waals surface area contributed by atoms with Gasteiger partial charge in [-0.15, -0.1) is 0 Å². The first-order valence-electron chi connectivity index (χ1n) is 9.65. The third-order valence-corrected chi connectivity index (χ3v) is 4.55. The van der Waals surface area contributed by atoms with Crippen molar-refractivity contribution in [2.45, 2.75) is 0 Å². The highest BCUT2D eigenvalue weighted by molar-refractivity contribution is 5.55. The molecule has 3 aromatic carbocycles. The Balaban J connectivity index is 1.50. The van der Waals surface area contributed by atoms with Gasteiger partial charge in [-0.05, 0) is 54.6 Å². The van der Waals surface area contributed by atoms with Crippen LogP contribution in [0, 0.1) is 0 Å². The predicted molar refractivity (Wildman–Crippen MR) is 124 cm³/mol. The zero-order valence-electron chi connectivity index (χ0n) is 16.6. The topological polar surface area (TPSA) is 124 Å². The van der Waals surface area contributed by atoms with E-state index in [1.807, 2.05) is 72.8 Å². The lowest BCUT2D eigenvalue weighted by atomic mass is 10.3. The number of nitrogens with zero attached hydrogens (tertiary/aromatic N) is 3. The van der Waals surface area contributed by atoms with Gasteiger partial charge in [0.25, 0.3) is 0 Å². The molecule has 0 aliphatic carbocycles. The van der Waals surface area contributed by atoms with Crippen molar-refractivity contribution in [2.24, 2.45) is 0 Å². The summed E-state index contributed by atoms with van der Waals surface area (Å²) in [4.78, 5) is 0. The first kappa shape index (κ1) is 19.6. The summed E-state index contributed by atoms with van der Waals surface area (Å²) >= 11 is 0. The lowest BCUT2D eigenvalue weighted by Gasteiger charge is -2.42. The molecule has 0 unspecified atom stereocenters. The number of benzene rings is 3. The van der Waals surface area contributed by atoms with E-state index in [1.165, 1.54) is 0 Å². The highest BCUT2D eigenvalue weighted by atomic mass is 15.8. The summed E-state index contributed by atoms with van der Waals surface area (Å²) < 4.78 is 0. The van der Waals surface area contributed by atoms with E-state index in [2.05, 4.69) is 31.3 Å². The number of nitrogen functional groups attached to an aromatic ring is 3. The van der Waals surface area contributed by atoms with Gasteiger partial charge in [0, 0.05) is 17.1 Å². The molecule has 30 heavy (non-hydrogen) atoms. The maximum absolute atomic E-state index is 5.92. The lowest BCUT2D eigenvalue weighted by molar-refractivity contribution is 0.0126. The number of nitrogens with two attached hydrogens (primary N) is 3. The Morgan fingerprint density at radius 2 is 0.800 bits per heavy atom. The second-order valence-corrected chi connectivity index (χ2v) is 7.26. The molecule has 0 amide bonds. The molecule has 1 saturated heterocycles. The minimum absolute atomic E-state index is 0.624. The van der Waals surface area contributed by atoms with Gasteiger partial charge in [-0.3, -0.25) is 0 Å². The zero-order valence-corrected chi connectivity index (χ0v) is 16.6. The van der Waals surface area contributed by atoms with Gasteiger partial charge < -0.3 is 33.5 Å². The van der Waals surface area contributed by atoms with E-state index in [9.17, 15) is 0 Å². The molecule has 1 fully saturated rings. The molecule has 0 spiro atoms. The molecule has 3 aromatic rings. The Bertz CT molecular complexity index is 860. The number of hydrazine groups is 3. The summed E-state index contributed by atoms with van der Waals surface area (Å²) in [6.07, 6.45) is 0. The van der Waals surface area contributed by atoms with Gasteiger partial charge in [-0.2, -0.15) is 15.0 Å². The molecule has 0 atom stereocenters. The SMILES string of the molecule is Nc1cccc(NN2CN(Nc3cccc(N)c3)CN(Nc3cccc(N)c3)C2)c1. The van der Waals surface area contributed by atoms with Crippen molar-refractivity contribution >= 4 is 34.1 Å². The summed E-state index contributed by atoms with van der Waals surface area (Å²) in [6.45, 7) is 1.87. The Kier molecular flexibility index (Phi) is 5.75. The summed E-state index contributed by atoms with van der Waals surface area (Å²) in [7, 11) is 0. The Hall–Kier alpha value is -3.66. The number of hydrogen-bond donors (Lipinski definition) is 6. The van der Waals surface area contributed by atoms with E-state index < -0.39 is 0 Å². The van der Waals surface area contributed by atoms with Crippen LogP contribution in [0.5, 0.6) is 0 Å². The molecule has 0 saturated carbocycles. The van der Waals surface area contributed by atoms with E-state index in [-0.39, 0.29) is 0 Å². The van der Waals surface area contributed by atoms with Crippen LogP contribution in [0.4, 0.5) is 34.1 Å². The molecule has 0 aromatic heterocycles. The fourth-order valence-corrected chi connectivity index (χ4v) is 3.34. The Labute approximate surface area is 175 Å². The monoisotopic (exact) mass is 405 g/mol. The summed E-state index contributed by atoms with van der Waals surface area (Å²) in [6, 6.07) is 23.0. The smallest absolute Gasteiger partial charge is 0.0907 e. The molecule has 9 nitrogen and oxygen atoms in total. The summed E-state index contributed by atoms with van der Waals surface area (Å²) in [5, 5.41) is 6.20. The fourth-order valence-electron chi connectivity index (χ4n) is 3.34. The van der Waals surface area contributed by atoms with Gasteiger partial charge in [-0.25, -0.2) is 0 Å². The van der Waals surface area contributed by atoms with Crippen LogP contribution < -0.4 is 33.5 Å². The largest absolute Gasteiger partial charge is 0.399 e. The molecule has 4 rings (SSSR count). The third kappa shape index (κ3) is 5.23. The van der Waals surface area contributed by atoms with Gasteiger partial charge in [-0.1, -0.05) is 18.2 Å². The van der Waals surface area contributed by atoms with Gasteiger partial charge in [0.05, 0.1) is 37.1 Å². The number of rotatable bonds is 6. The third-order valence-electron chi connectivity index (χ3n) is 4.55. The van der Waals surface area contributed by atoms with E-state index in [0.29, 0.717) is 37.1 Å². The summed E-state index contributed by atoms with van der Waals surface area (Å²) in [5.74, 6) is 0. The highest BCUT2D eigenvalue weighted by Gasteiger charge is 2.24. The van der Waals surface area contributed by atoms with E-state index >= 15 is 0 Å². The van der Waals surface area contributed by atoms with E-state index in [4.69, 9.17) is 17.2 Å². The standard InChI is InChI=1S/C21H27N9/c22-16-4-1-7-19(10-16)25-28-13-29(26-20-8-2-5-17(23)11-20)15-30(14-28)27-21-9-3-6-18(24)12-21/h1-12,25-27H,13-15,22-24H2. The quantitative estimate of drug-likeness (QED) is 0.343. The second kappa shape index (κ2) is 8.78. The lowest BCUT2D eigenvalue weighted by Crippen LogP contribution is -2.59. The van der Waals surface area contributed by atoms with Crippen molar-refractivity contribution in [1.82, 2.24) is 15.0 Å². The number of nitrogens with one attached hydrogen (secondary N) is 3. The van der Waals surface area contributed by atoms with Crippen molar-refractivity contribution < 1.29 is 0 Å². The summed E-state index contributed by atoms with van der Waals surface area (Å²) in [5.41, 5.74) is 32.9. The molecular weight excluding hydrogens is 378 g/mol. The van der Waals surface area contributed by atoms with Crippen LogP contribution in [0.25, 0.3) is 0 Å². The average molecular weight is 406 g/mol. The van der Waals surface area contributed by atoms with E-state index in [1.54, 1.807) is 0 Å². The van der Waals surface area contributed by atoms with Crippen LogP contribution in [-0.2, 0) is 0 Å². The van der Waals surface area contributed by atoms with E-state index in [0.717, 1.165) is 17.1 Å². The zero-order chi connectivity index (χ0) is 20.9. The number of hydrogen-bond acceptors (Lipinski definition) is 9. The van der Waals surface area contributed by atoms with Crippen LogP contribution in [0.1, 0.15) is 0 Å². The normalized spacial score (nSPS) is 15.6. The van der Waals surface area contributed by atoms with Crippen LogP contribution in [-0.4, -0.2) is 35.0 Å². The molecule has 0 bridgehead atoms. The van der Waals surface area contributed by atoms with Crippen LogP contribution in [0.3, 0.4) is 0 Å². The molecule has 1 aliphatic heterocycles. The molecule has 9 heteroatoms. The molecule has 9 N–H and O–H groups in total. The van der Waals surface area contributed by atoms with Crippen LogP contribution in [0.2, 0.25) is 0 Å². The maximum Gasteiger partial charge on any atom is 0.0907 e. The maximum atomic E-state index is 5.92. The minimum atomic E-state index is 0.624. The first-order valence-corrected chi connectivity index (χ1v) is 9.65. The molecular formula is C21H27N9. The van der Waals surface area contributed by atoms with Crippen molar-refractivity contribution in [3.05, 3.63) is 72.8 Å². The average Bonchev–Trinajstić information content (AvgIpc) is 2.68. The van der Waals surface area contributed by atoms with Crippen LogP contribution in [0.15, 0.2) is 72.8 Å². The van der Waals surface area contributed by atoms with Crippen molar-refractivity contribution in [3.8, 4) is 0 Å². The molecule has 1 heterocycles. The van der Waals surface area contributed by atoms with Gasteiger partial charge >= 0.3 is 0 Å². The predicted octanol–water partition coefficient (Wildman–Crippen LogP) is 2.61. The molecule has 0 radical (unpaired) electrons. The second-order valence-electron chi connectivity index (χ2n) is 7.26. The van der Waals surface area contributed by atoms with Crippen molar-refractivity contribution in [1.29, 1.82) is 0 Å². The van der Waals surface area contributed by atoms with Crippen LogP contribution >= 0.6 is 0 Å². The highest BCUT2D eigenvalue weighted by Crippen LogP contribution is 2.19. The fraction of sp³-hybridized carbons (Fsp3) is 0.143. The van der Waals surface area contributed by atoms with Gasteiger partial charge in [0.1, 0.15) is 0 Å².